The van der Waals surface area contributed by atoms with E-state index in [9.17, 15) is 9.18 Å². The molecule has 0 spiro atoms. The van der Waals surface area contributed by atoms with Crippen molar-refractivity contribution in [2.24, 2.45) is 7.05 Å². The number of nitrogens with one attached hydrogen (secondary N) is 1. The Bertz CT molecular complexity index is 754. The second kappa shape index (κ2) is 5.39. The van der Waals surface area contributed by atoms with Gasteiger partial charge in [-0.15, -0.1) is 0 Å². The maximum absolute atomic E-state index is 13.4. The van der Waals surface area contributed by atoms with E-state index in [0.717, 1.165) is 16.8 Å². The number of aromatic nitrogens is 2. The minimum atomic E-state index is -0.457. The summed E-state index contributed by atoms with van der Waals surface area (Å²) in [4.78, 5) is 12.0. The third-order valence-electron chi connectivity index (χ3n) is 4.00. The van der Waals surface area contributed by atoms with Crippen LogP contribution in [0, 0.1) is 5.82 Å². The van der Waals surface area contributed by atoms with Gasteiger partial charge < -0.3 is 5.32 Å². The Morgan fingerprint density at radius 2 is 2.18 bits per heavy atom. The fraction of sp³-hybridized carbons (Fsp3) is 0.375. The Morgan fingerprint density at radius 1 is 1.45 bits per heavy atom. The van der Waals surface area contributed by atoms with E-state index >= 15 is 0 Å². The Balaban J connectivity index is 2.18. The molecule has 3 rings (SSSR count). The Hall–Kier alpha value is -1.88. The van der Waals surface area contributed by atoms with Gasteiger partial charge >= 0.3 is 0 Å². The van der Waals surface area contributed by atoms with E-state index in [4.69, 9.17) is 11.6 Å². The zero-order valence-electron chi connectivity index (χ0n) is 12.7. The van der Waals surface area contributed by atoms with Crippen molar-refractivity contribution in [3.63, 3.8) is 0 Å². The van der Waals surface area contributed by atoms with Crippen molar-refractivity contribution in [3.05, 3.63) is 45.9 Å². The third-order valence-corrected chi connectivity index (χ3v) is 4.29. The largest absolute Gasteiger partial charge is 0.311 e. The van der Waals surface area contributed by atoms with Crippen LogP contribution in [0.2, 0.25) is 5.02 Å². The van der Waals surface area contributed by atoms with Gasteiger partial charge in [0.25, 0.3) is 0 Å². The van der Waals surface area contributed by atoms with Crippen molar-refractivity contribution in [1.29, 1.82) is 0 Å². The first-order chi connectivity index (χ1) is 10.4. The van der Waals surface area contributed by atoms with E-state index in [1.807, 2.05) is 7.05 Å². The van der Waals surface area contributed by atoms with E-state index in [2.05, 4.69) is 24.3 Å². The maximum atomic E-state index is 13.4. The highest BCUT2D eigenvalue weighted by Gasteiger charge is 2.33. The Morgan fingerprint density at radius 3 is 2.82 bits per heavy atom. The molecule has 0 fully saturated rings. The van der Waals surface area contributed by atoms with Crippen LogP contribution in [-0.4, -0.2) is 15.7 Å². The molecule has 1 aromatic heterocycles. The van der Waals surface area contributed by atoms with Gasteiger partial charge in [-0.05, 0) is 23.6 Å². The van der Waals surface area contributed by atoms with Crippen LogP contribution >= 0.6 is 11.6 Å². The average molecular weight is 322 g/mol. The topological polar surface area (TPSA) is 46.9 Å². The zero-order valence-corrected chi connectivity index (χ0v) is 13.4. The normalized spacial score (nSPS) is 17.5. The van der Waals surface area contributed by atoms with E-state index in [-0.39, 0.29) is 22.8 Å². The third kappa shape index (κ3) is 2.39. The monoisotopic (exact) mass is 321 g/mol. The fourth-order valence-electron chi connectivity index (χ4n) is 2.96. The fourth-order valence-corrected chi connectivity index (χ4v) is 3.15. The highest BCUT2D eigenvalue weighted by Crippen LogP contribution is 2.41. The zero-order chi connectivity index (χ0) is 16.0. The molecule has 1 aliphatic heterocycles. The lowest BCUT2D eigenvalue weighted by atomic mass is 9.84. The second-order valence-electron chi connectivity index (χ2n) is 5.90. The SMILES string of the molecule is CC(C)c1nn(C)c2c1C(c1ccc(F)c(Cl)c1)CC(=O)N2. The number of nitrogens with zero attached hydrogens (tertiary/aromatic N) is 2. The summed E-state index contributed by atoms with van der Waals surface area (Å²) in [6, 6.07) is 4.63. The van der Waals surface area contributed by atoms with Crippen LogP contribution in [0.15, 0.2) is 18.2 Å². The van der Waals surface area contributed by atoms with Gasteiger partial charge in [-0.1, -0.05) is 31.5 Å². The minimum Gasteiger partial charge on any atom is -0.311 e. The summed E-state index contributed by atoms with van der Waals surface area (Å²) >= 11 is 5.91. The summed E-state index contributed by atoms with van der Waals surface area (Å²) in [6.07, 6.45) is 0.306. The summed E-state index contributed by atoms with van der Waals surface area (Å²) in [6.45, 7) is 4.13. The number of rotatable bonds is 2. The molecule has 116 valence electrons. The lowest BCUT2D eigenvalue weighted by Gasteiger charge is -2.25. The van der Waals surface area contributed by atoms with Crippen LogP contribution in [0.1, 0.15) is 48.9 Å². The van der Waals surface area contributed by atoms with Crippen LogP contribution in [0.4, 0.5) is 10.2 Å². The molecule has 0 bridgehead atoms. The summed E-state index contributed by atoms with van der Waals surface area (Å²) < 4.78 is 15.1. The molecular formula is C16H17ClFN3O. The van der Waals surface area contributed by atoms with Gasteiger partial charge in [-0.2, -0.15) is 5.10 Å². The highest BCUT2D eigenvalue weighted by atomic mass is 35.5. The van der Waals surface area contributed by atoms with Gasteiger partial charge in [0.1, 0.15) is 11.6 Å². The molecule has 4 nitrogen and oxygen atoms in total. The van der Waals surface area contributed by atoms with Crippen LogP contribution in [0.25, 0.3) is 0 Å². The van der Waals surface area contributed by atoms with Gasteiger partial charge in [0.15, 0.2) is 0 Å². The van der Waals surface area contributed by atoms with Crippen LogP contribution < -0.4 is 5.32 Å². The lowest BCUT2D eigenvalue weighted by molar-refractivity contribution is -0.116. The molecule has 1 aromatic carbocycles. The first kappa shape index (κ1) is 15.0. The molecule has 0 radical (unpaired) electrons. The number of anilines is 1. The molecule has 0 saturated carbocycles. The molecule has 0 aliphatic carbocycles. The van der Waals surface area contributed by atoms with Gasteiger partial charge in [-0.3, -0.25) is 9.48 Å². The Labute approximate surface area is 133 Å². The van der Waals surface area contributed by atoms with Gasteiger partial charge in [-0.25, -0.2) is 4.39 Å². The number of fused-ring (bicyclic) bond motifs is 1. The van der Waals surface area contributed by atoms with Crippen molar-refractivity contribution in [3.8, 4) is 0 Å². The molecule has 2 aromatic rings. The number of carbonyl (C=O) groups excluding carboxylic acids is 1. The van der Waals surface area contributed by atoms with E-state index in [0.29, 0.717) is 12.2 Å². The molecule has 1 aliphatic rings. The molecule has 0 saturated heterocycles. The molecule has 1 N–H and O–H groups in total. The number of carbonyl (C=O) groups is 1. The van der Waals surface area contributed by atoms with E-state index < -0.39 is 5.82 Å². The predicted molar refractivity (Wildman–Crippen MR) is 83.8 cm³/mol. The van der Waals surface area contributed by atoms with Crippen molar-refractivity contribution < 1.29 is 9.18 Å². The molecule has 22 heavy (non-hydrogen) atoms. The number of halogens is 2. The Kier molecular flexibility index (Phi) is 3.68. The number of benzene rings is 1. The van der Waals surface area contributed by atoms with Crippen LogP contribution in [0.3, 0.4) is 0 Å². The van der Waals surface area contributed by atoms with Crippen molar-refractivity contribution >= 4 is 23.3 Å². The number of aryl methyl sites for hydroxylation is 1. The van der Waals surface area contributed by atoms with Gasteiger partial charge in [0.05, 0.1) is 10.7 Å². The number of amides is 1. The standard InChI is InChI=1S/C16H17ClFN3O/c1-8(2)15-14-10(9-4-5-12(18)11(17)6-9)7-13(22)19-16(14)21(3)20-15/h4-6,8,10H,7H2,1-3H3,(H,19,22). The van der Waals surface area contributed by atoms with E-state index in [1.54, 1.807) is 16.8 Å². The van der Waals surface area contributed by atoms with Crippen molar-refractivity contribution in [2.45, 2.75) is 32.1 Å². The molecule has 1 unspecified atom stereocenters. The smallest absolute Gasteiger partial charge is 0.226 e. The van der Waals surface area contributed by atoms with Crippen molar-refractivity contribution in [1.82, 2.24) is 9.78 Å². The first-order valence-electron chi connectivity index (χ1n) is 7.20. The van der Waals surface area contributed by atoms with Crippen LogP contribution in [-0.2, 0) is 11.8 Å². The lowest BCUT2D eigenvalue weighted by Crippen LogP contribution is -2.25. The van der Waals surface area contributed by atoms with Crippen molar-refractivity contribution in [2.75, 3.05) is 5.32 Å². The molecule has 6 heteroatoms. The molecule has 1 atom stereocenters. The van der Waals surface area contributed by atoms with E-state index in [1.165, 1.54) is 6.07 Å². The summed E-state index contributed by atoms with van der Waals surface area (Å²) in [5, 5.41) is 7.49. The summed E-state index contributed by atoms with van der Waals surface area (Å²) in [5.74, 6) is 0.249. The number of hydrogen-bond acceptors (Lipinski definition) is 2. The molecular weight excluding hydrogens is 305 g/mol. The van der Waals surface area contributed by atoms with Gasteiger partial charge in [0.2, 0.25) is 5.91 Å². The minimum absolute atomic E-state index is 0.0695. The first-order valence-corrected chi connectivity index (χ1v) is 7.58. The quantitative estimate of drug-likeness (QED) is 0.914. The predicted octanol–water partition coefficient (Wildman–Crippen LogP) is 3.81. The maximum Gasteiger partial charge on any atom is 0.226 e. The average Bonchev–Trinajstić information content (AvgIpc) is 2.79. The summed E-state index contributed by atoms with van der Waals surface area (Å²) in [5.41, 5.74) is 2.78. The van der Waals surface area contributed by atoms with Gasteiger partial charge in [0, 0.05) is 24.9 Å². The highest BCUT2D eigenvalue weighted by molar-refractivity contribution is 6.30. The second-order valence-corrected chi connectivity index (χ2v) is 6.31. The molecule has 1 amide bonds. The summed E-state index contributed by atoms with van der Waals surface area (Å²) in [7, 11) is 1.81. The van der Waals surface area contributed by atoms with Crippen LogP contribution in [0.5, 0.6) is 0 Å². The number of hydrogen-bond donors (Lipinski definition) is 1. The molecule has 2 heterocycles.